The molecule has 0 saturated heterocycles. The van der Waals surface area contributed by atoms with Crippen molar-refractivity contribution in [3.05, 3.63) is 107 Å². The first-order chi connectivity index (χ1) is 20.6. The van der Waals surface area contributed by atoms with Crippen molar-refractivity contribution in [1.29, 1.82) is 5.26 Å². The average Bonchev–Trinajstić information content (AvgIpc) is 3.42. The predicted octanol–water partition coefficient (Wildman–Crippen LogP) is 4.72. The summed E-state index contributed by atoms with van der Waals surface area (Å²) in [6.45, 7) is 2.52. The number of aromatic nitrogens is 2. The van der Waals surface area contributed by atoms with E-state index in [9.17, 15) is 14.9 Å². The normalized spacial score (nSPS) is 16.4. The highest BCUT2D eigenvalue weighted by atomic mass is 28.1. The molecule has 3 radical (unpaired) electrons. The molecule has 1 N–H and O–H groups in total. The topological polar surface area (TPSA) is 109 Å². The molecule has 2 heterocycles. The van der Waals surface area contributed by atoms with E-state index >= 15 is 8.78 Å². The first-order valence-electron chi connectivity index (χ1n) is 13.2. The third-order valence-electron chi connectivity index (χ3n) is 6.97. The first-order valence-corrected chi connectivity index (χ1v) is 13.7. The third-order valence-corrected chi connectivity index (χ3v) is 7.35. The van der Waals surface area contributed by atoms with Gasteiger partial charge in [-0.05, 0) is 37.3 Å². The van der Waals surface area contributed by atoms with Crippen LogP contribution in [0.25, 0.3) is 0 Å². The molecular formula is C31H26F2N5O4Si. The van der Waals surface area contributed by atoms with Gasteiger partial charge in [-0.25, -0.2) is 0 Å². The number of ether oxygens (including phenoxy) is 2. The second kappa shape index (κ2) is 11.8. The molecule has 0 fully saturated rings. The number of rotatable bonds is 9. The van der Waals surface area contributed by atoms with Crippen LogP contribution in [0.1, 0.15) is 44.5 Å². The Kier molecular flexibility index (Phi) is 8.12. The fraction of sp³-hybridized carbons (Fsp3) is 0.226. The molecule has 2 amide bonds. The second-order valence-corrected chi connectivity index (χ2v) is 11.2. The molecule has 0 spiro atoms. The lowest BCUT2D eigenvalue weighted by Gasteiger charge is -2.42. The molecule has 43 heavy (non-hydrogen) atoms. The Hall–Kier alpha value is -4.86. The van der Waals surface area contributed by atoms with Gasteiger partial charge in [-0.1, -0.05) is 42.5 Å². The minimum absolute atomic E-state index is 0.0170. The Balaban J connectivity index is 1.40. The second-order valence-electron chi connectivity index (χ2n) is 10.1. The number of hydrogen-bond donors (Lipinski definition) is 1. The quantitative estimate of drug-likeness (QED) is 0.221. The van der Waals surface area contributed by atoms with Crippen molar-refractivity contribution in [2.24, 2.45) is 0 Å². The maximum absolute atomic E-state index is 15.1. The van der Waals surface area contributed by atoms with Crippen LogP contribution in [0.15, 0.2) is 79.0 Å². The average molecular weight is 599 g/mol. The number of carbonyl (C=O) groups is 2. The molecule has 0 saturated carbocycles. The minimum Gasteiger partial charge on any atom is -0.490 e. The Bertz CT molecular complexity index is 1700. The number of anilines is 2. The molecular weight excluding hydrogens is 572 g/mol. The van der Waals surface area contributed by atoms with E-state index < -0.39 is 22.9 Å². The largest absolute Gasteiger partial charge is 0.490 e. The number of nitrogens with zero attached hydrogens (tertiary/aromatic N) is 4. The lowest BCUT2D eigenvalue weighted by Crippen LogP contribution is -2.58. The van der Waals surface area contributed by atoms with Crippen LogP contribution in [0.2, 0.25) is 0 Å². The van der Waals surface area contributed by atoms with Gasteiger partial charge in [0.1, 0.15) is 24.1 Å². The smallest absolute Gasteiger partial charge is 0.298 e. The lowest BCUT2D eigenvalue weighted by atomic mass is 9.99. The SMILES string of the molecule is COCCOc1ccc(NC(=O)c2cnn3c2C(=O)N(c2ccc(C(F)(F)c4ccccc4)cc2)[C@@](C)([Si])C3)cc1C#N. The van der Waals surface area contributed by atoms with Crippen LogP contribution < -0.4 is 15.0 Å². The summed E-state index contributed by atoms with van der Waals surface area (Å²) < 4.78 is 42.2. The fourth-order valence-electron chi connectivity index (χ4n) is 4.88. The van der Waals surface area contributed by atoms with Gasteiger partial charge in [-0.15, -0.1) is 0 Å². The summed E-state index contributed by atoms with van der Waals surface area (Å²) in [5.41, 5.74) is 0.577. The number of nitrogens with one attached hydrogen (secondary N) is 1. The van der Waals surface area contributed by atoms with Crippen molar-refractivity contribution in [3.8, 4) is 11.8 Å². The van der Waals surface area contributed by atoms with Gasteiger partial charge in [0.05, 0.1) is 40.7 Å². The summed E-state index contributed by atoms with van der Waals surface area (Å²) in [6.07, 6.45) is 1.30. The van der Waals surface area contributed by atoms with Gasteiger partial charge in [-0.3, -0.25) is 14.3 Å². The van der Waals surface area contributed by atoms with E-state index in [-0.39, 0.29) is 41.1 Å². The molecule has 3 aromatic carbocycles. The minimum atomic E-state index is -3.23. The van der Waals surface area contributed by atoms with E-state index in [0.717, 1.165) is 0 Å². The van der Waals surface area contributed by atoms with Crippen molar-refractivity contribution >= 4 is 33.4 Å². The molecule has 1 aromatic heterocycles. The molecule has 217 valence electrons. The third kappa shape index (κ3) is 5.77. The molecule has 1 aliphatic rings. The van der Waals surface area contributed by atoms with Crippen molar-refractivity contribution < 1.29 is 27.8 Å². The molecule has 1 atom stereocenters. The van der Waals surface area contributed by atoms with Crippen LogP contribution in [0, 0.1) is 11.3 Å². The Morgan fingerprint density at radius 2 is 1.81 bits per heavy atom. The van der Waals surface area contributed by atoms with E-state index in [2.05, 4.69) is 20.7 Å². The van der Waals surface area contributed by atoms with Crippen molar-refractivity contribution in [2.45, 2.75) is 24.6 Å². The van der Waals surface area contributed by atoms with E-state index in [1.165, 1.54) is 65.4 Å². The molecule has 0 bridgehead atoms. The standard InChI is InChI=1S/C31H26F2N5O4Si/c1-30(43)19-37-27(25(18-35-37)28(39)36-23-10-13-26(20(16-23)17-34)42-15-14-41-2)29(40)38(30)24-11-8-22(9-12-24)31(32,33)21-6-4-3-5-7-21/h3-13,16,18H,14-15,19H2,1-2H3,(H,36,39)/t30-/m0/s1. The van der Waals surface area contributed by atoms with Crippen LogP contribution in [-0.4, -0.2) is 57.3 Å². The first kappa shape index (κ1) is 29.6. The number of halogens is 2. The van der Waals surface area contributed by atoms with Gasteiger partial charge in [0.15, 0.2) is 0 Å². The monoisotopic (exact) mass is 598 g/mol. The Morgan fingerprint density at radius 1 is 1.12 bits per heavy atom. The maximum atomic E-state index is 15.1. The Morgan fingerprint density at radius 3 is 2.49 bits per heavy atom. The van der Waals surface area contributed by atoms with E-state index in [1.807, 2.05) is 6.07 Å². The highest BCUT2D eigenvalue weighted by Crippen LogP contribution is 2.38. The van der Waals surface area contributed by atoms with Gasteiger partial charge >= 0.3 is 0 Å². The van der Waals surface area contributed by atoms with E-state index in [0.29, 0.717) is 23.7 Å². The predicted molar refractivity (Wildman–Crippen MR) is 156 cm³/mol. The summed E-state index contributed by atoms with van der Waals surface area (Å²) in [5, 5.41) is 15.5. The van der Waals surface area contributed by atoms with Crippen molar-refractivity contribution in [3.63, 3.8) is 0 Å². The molecule has 4 aromatic rings. The molecule has 1 aliphatic heterocycles. The lowest BCUT2D eigenvalue weighted by molar-refractivity contribution is 0.0428. The zero-order valence-corrected chi connectivity index (χ0v) is 24.3. The summed E-state index contributed by atoms with van der Waals surface area (Å²) in [6, 6.07) is 19.6. The van der Waals surface area contributed by atoms with Gasteiger partial charge < -0.3 is 19.7 Å². The molecule has 0 aliphatic carbocycles. The van der Waals surface area contributed by atoms with Crippen molar-refractivity contribution in [1.82, 2.24) is 9.78 Å². The van der Waals surface area contributed by atoms with Gasteiger partial charge in [0.2, 0.25) is 0 Å². The number of methoxy groups -OCH3 is 1. The van der Waals surface area contributed by atoms with E-state index in [1.54, 1.807) is 37.3 Å². The molecule has 5 rings (SSSR count). The zero-order chi connectivity index (χ0) is 30.8. The molecule has 9 nitrogen and oxygen atoms in total. The number of benzene rings is 3. The highest BCUT2D eigenvalue weighted by Gasteiger charge is 2.43. The number of hydrogen-bond acceptors (Lipinski definition) is 6. The number of nitriles is 1. The zero-order valence-electron chi connectivity index (χ0n) is 23.3. The van der Waals surface area contributed by atoms with Crippen LogP contribution >= 0.6 is 0 Å². The summed E-state index contributed by atoms with van der Waals surface area (Å²) >= 11 is 0. The number of amides is 2. The van der Waals surface area contributed by atoms with Crippen LogP contribution in [0.4, 0.5) is 20.2 Å². The number of fused-ring (bicyclic) bond motifs is 1. The maximum Gasteiger partial charge on any atom is 0.298 e. The highest BCUT2D eigenvalue weighted by molar-refractivity contribution is 6.25. The Labute approximate surface area is 250 Å². The van der Waals surface area contributed by atoms with Crippen LogP contribution in [0.3, 0.4) is 0 Å². The van der Waals surface area contributed by atoms with Gasteiger partial charge in [0.25, 0.3) is 17.7 Å². The summed E-state index contributed by atoms with van der Waals surface area (Å²) in [4.78, 5) is 28.6. The van der Waals surface area contributed by atoms with Crippen molar-refractivity contribution in [2.75, 3.05) is 30.5 Å². The number of alkyl halides is 2. The summed E-state index contributed by atoms with van der Waals surface area (Å²) in [5.74, 6) is -4.04. The van der Waals surface area contributed by atoms with Gasteiger partial charge in [0, 0.05) is 34.8 Å². The van der Waals surface area contributed by atoms with Gasteiger partial charge in [-0.2, -0.15) is 19.1 Å². The number of carbonyl (C=O) groups excluding carboxylic acids is 2. The fourth-order valence-corrected chi connectivity index (χ4v) is 5.26. The summed E-state index contributed by atoms with van der Waals surface area (Å²) in [7, 11) is 5.19. The van der Waals surface area contributed by atoms with Crippen LogP contribution in [-0.2, 0) is 17.2 Å². The molecule has 0 unspecified atom stereocenters. The molecule has 12 heteroatoms. The van der Waals surface area contributed by atoms with E-state index in [4.69, 9.17) is 9.47 Å². The van der Waals surface area contributed by atoms with Crippen LogP contribution in [0.5, 0.6) is 5.75 Å².